The quantitative estimate of drug-likeness (QED) is 0.597. The zero-order valence-corrected chi connectivity index (χ0v) is 9.85. The molecule has 0 radical (unpaired) electrons. The zero-order chi connectivity index (χ0) is 10.7. The summed E-state index contributed by atoms with van der Waals surface area (Å²) in [6.45, 7) is 4.61. The van der Waals surface area contributed by atoms with Gasteiger partial charge in [0.25, 0.3) is 0 Å². The third-order valence-corrected chi connectivity index (χ3v) is 2.98. The second-order valence-electron chi connectivity index (χ2n) is 4.10. The highest BCUT2D eigenvalue weighted by Gasteiger charge is 2.20. The predicted octanol–water partition coefficient (Wildman–Crippen LogP) is 2.07. The summed E-state index contributed by atoms with van der Waals surface area (Å²) >= 11 is 5.11. The smallest absolute Gasteiger partial charge is 0.195 e. The van der Waals surface area contributed by atoms with Gasteiger partial charge < -0.3 is 9.30 Å². The van der Waals surface area contributed by atoms with E-state index in [-0.39, 0.29) is 0 Å². The minimum atomic E-state index is 0.703. The first-order chi connectivity index (χ1) is 7.27. The van der Waals surface area contributed by atoms with Crippen molar-refractivity contribution in [2.45, 2.75) is 32.7 Å². The van der Waals surface area contributed by atoms with Crippen molar-refractivity contribution in [3.63, 3.8) is 0 Å². The van der Waals surface area contributed by atoms with Crippen molar-refractivity contribution in [1.29, 1.82) is 0 Å². The number of ether oxygens (including phenoxy) is 1. The Morgan fingerprint density at radius 1 is 1.60 bits per heavy atom. The minimum absolute atomic E-state index is 0.703. The highest BCUT2D eigenvalue weighted by molar-refractivity contribution is 7.71. The van der Waals surface area contributed by atoms with Crippen molar-refractivity contribution in [2.75, 3.05) is 13.2 Å². The van der Waals surface area contributed by atoms with Crippen LogP contribution in [0.5, 0.6) is 0 Å². The number of aromatic amines is 1. The average molecular weight is 227 g/mol. The van der Waals surface area contributed by atoms with Gasteiger partial charge in [0.05, 0.1) is 0 Å². The fraction of sp³-hybridized carbons (Fsp3) is 0.800. The molecule has 15 heavy (non-hydrogen) atoms. The number of rotatable bonds is 6. The molecule has 2 rings (SSSR count). The summed E-state index contributed by atoms with van der Waals surface area (Å²) in [6.07, 6.45) is 3.71. The standard InChI is InChI=1S/C10H17N3OS/c1-8-11-12-10(15)13(8)5-2-6-14-7-9-3-4-9/h9H,2-7H2,1H3,(H,12,15). The lowest BCUT2D eigenvalue weighted by Crippen LogP contribution is -2.05. The van der Waals surface area contributed by atoms with E-state index < -0.39 is 0 Å². The van der Waals surface area contributed by atoms with Crippen molar-refractivity contribution in [2.24, 2.45) is 5.92 Å². The van der Waals surface area contributed by atoms with Gasteiger partial charge >= 0.3 is 0 Å². The lowest BCUT2D eigenvalue weighted by molar-refractivity contribution is 0.119. The number of H-pyrrole nitrogens is 1. The fourth-order valence-corrected chi connectivity index (χ4v) is 1.79. The van der Waals surface area contributed by atoms with Gasteiger partial charge in [0.2, 0.25) is 0 Å². The van der Waals surface area contributed by atoms with Crippen LogP contribution < -0.4 is 0 Å². The van der Waals surface area contributed by atoms with E-state index in [2.05, 4.69) is 10.2 Å². The van der Waals surface area contributed by atoms with Crippen LogP contribution in [0.25, 0.3) is 0 Å². The summed E-state index contributed by atoms with van der Waals surface area (Å²) < 4.78 is 8.27. The van der Waals surface area contributed by atoms with Gasteiger partial charge in [-0.15, -0.1) is 0 Å². The largest absolute Gasteiger partial charge is 0.381 e. The van der Waals surface area contributed by atoms with E-state index in [9.17, 15) is 0 Å². The summed E-state index contributed by atoms with van der Waals surface area (Å²) in [5.74, 6) is 1.80. The summed E-state index contributed by atoms with van der Waals surface area (Å²) in [5, 5.41) is 6.84. The lowest BCUT2D eigenvalue weighted by atomic mass is 10.4. The molecule has 0 amide bonds. The summed E-state index contributed by atoms with van der Waals surface area (Å²) in [4.78, 5) is 0. The van der Waals surface area contributed by atoms with E-state index in [0.29, 0.717) is 4.77 Å². The van der Waals surface area contributed by atoms with Gasteiger partial charge in [0.1, 0.15) is 5.82 Å². The molecule has 1 N–H and O–H groups in total. The molecule has 4 nitrogen and oxygen atoms in total. The molecule has 0 unspecified atom stereocenters. The van der Waals surface area contributed by atoms with Crippen molar-refractivity contribution in [3.05, 3.63) is 10.6 Å². The van der Waals surface area contributed by atoms with Crippen LogP contribution in [0.2, 0.25) is 0 Å². The maximum absolute atomic E-state index is 5.56. The number of nitrogens with one attached hydrogen (secondary N) is 1. The highest BCUT2D eigenvalue weighted by atomic mass is 32.1. The second kappa shape index (κ2) is 4.90. The SMILES string of the molecule is Cc1n[nH]c(=S)n1CCCOCC1CC1. The van der Waals surface area contributed by atoms with Gasteiger partial charge in [-0.3, -0.25) is 5.10 Å². The maximum Gasteiger partial charge on any atom is 0.195 e. The van der Waals surface area contributed by atoms with Gasteiger partial charge in [-0.05, 0) is 44.3 Å². The van der Waals surface area contributed by atoms with Gasteiger partial charge in [-0.2, -0.15) is 5.10 Å². The molecule has 1 fully saturated rings. The zero-order valence-electron chi connectivity index (χ0n) is 9.03. The maximum atomic E-state index is 5.56. The molecule has 1 aliphatic rings. The molecule has 1 aromatic rings. The molecular weight excluding hydrogens is 210 g/mol. The Balaban J connectivity index is 1.66. The Morgan fingerprint density at radius 2 is 2.40 bits per heavy atom. The molecular formula is C10H17N3OS. The highest BCUT2D eigenvalue weighted by Crippen LogP contribution is 2.28. The van der Waals surface area contributed by atoms with Crippen molar-refractivity contribution < 1.29 is 4.74 Å². The van der Waals surface area contributed by atoms with Crippen LogP contribution in [0.3, 0.4) is 0 Å². The number of aromatic nitrogens is 3. The summed E-state index contributed by atoms with van der Waals surface area (Å²) in [5.41, 5.74) is 0. The van der Waals surface area contributed by atoms with E-state index in [4.69, 9.17) is 17.0 Å². The summed E-state index contributed by atoms with van der Waals surface area (Å²) in [7, 11) is 0. The Kier molecular flexibility index (Phi) is 3.53. The first-order valence-corrected chi connectivity index (χ1v) is 5.88. The molecule has 0 aromatic carbocycles. The molecule has 0 bridgehead atoms. The number of aryl methyl sites for hydroxylation is 1. The molecule has 1 heterocycles. The summed E-state index contributed by atoms with van der Waals surface area (Å²) in [6, 6.07) is 0. The monoisotopic (exact) mass is 227 g/mol. The third-order valence-electron chi connectivity index (χ3n) is 2.67. The van der Waals surface area contributed by atoms with Crippen molar-refractivity contribution >= 4 is 12.2 Å². The molecule has 0 aliphatic heterocycles. The first-order valence-electron chi connectivity index (χ1n) is 5.47. The Bertz CT molecular complexity index is 367. The molecule has 0 saturated heterocycles. The topological polar surface area (TPSA) is 42.8 Å². The molecule has 0 spiro atoms. The van der Waals surface area contributed by atoms with E-state index in [1.165, 1.54) is 12.8 Å². The average Bonchev–Trinajstić information content (AvgIpc) is 2.98. The second-order valence-corrected chi connectivity index (χ2v) is 4.49. The van der Waals surface area contributed by atoms with E-state index >= 15 is 0 Å². The van der Waals surface area contributed by atoms with Gasteiger partial charge in [0.15, 0.2) is 4.77 Å². The lowest BCUT2D eigenvalue weighted by Gasteiger charge is -2.04. The van der Waals surface area contributed by atoms with Gasteiger partial charge in [-0.1, -0.05) is 0 Å². The molecule has 1 aromatic heterocycles. The van der Waals surface area contributed by atoms with Crippen LogP contribution in [0.4, 0.5) is 0 Å². The fourth-order valence-electron chi connectivity index (χ4n) is 1.52. The first kappa shape index (κ1) is 10.8. The van der Waals surface area contributed by atoms with E-state index in [1.807, 2.05) is 11.5 Å². The minimum Gasteiger partial charge on any atom is -0.381 e. The normalized spacial score (nSPS) is 15.8. The number of hydrogen-bond acceptors (Lipinski definition) is 3. The molecule has 0 atom stereocenters. The molecule has 1 aliphatic carbocycles. The molecule has 5 heteroatoms. The van der Waals surface area contributed by atoms with Crippen molar-refractivity contribution in [3.8, 4) is 0 Å². The van der Waals surface area contributed by atoms with Crippen LogP contribution in [0.1, 0.15) is 25.1 Å². The number of hydrogen-bond donors (Lipinski definition) is 1. The van der Waals surface area contributed by atoms with E-state index in [0.717, 1.165) is 37.9 Å². The van der Waals surface area contributed by atoms with E-state index in [1.54, 1.807) is 0 Å². The number of nitrogens with zero attached hydrogens (tertiary/aromatic N) is 2. The van der Waals surface area contributed by atoms with Crippen LogP contribution in [-0.2, 0) is 11.3 Å². The molecule has 1 saturated carbocycles. The van der Waals surface area contributed by atoms with Crippen LogP contribution >= 0.6 is 12.2 Å². The van der Waals surface area contributed by atoms with Crippen LogP contribution in [0, 0.1) is 17.6 Å². The third kappa shape index (κ3) is 3.14. The van der Waals surface area contributed by atoms with Gasteiger partial charge in [0, 0.05) is 19.8 Å². The predicted molar refractivity (Wildman–Crippen MR) is 60.3 cm³/mol. The Morgan fingerprint density at radius 3 is 3.00 bits per heavy atom. The Hall–Kier alpha value is -0.680. The van der Waals surface area contributed by atoms with Gasteiger partial charge in [-0.25, -0.2) is 0 Å². The van der Waals surface area contributed by atoms with Crippen LogP contribution in [0.15, 0.2) is 0 Å². The van der Waals surface area contributed by atoms with Crippen LogP contribution in [-0.4, -0.2) is 28.0 Å². The van der Waals surface area contributed by atoms with Crippen molar-refractivity contribution in [1.82, 2.24) is 14.8 Å². The Labute approximate surface area is 94.6 Å². The molecule has 84 valence electrons.